The van der Waals surface area contributed by atoms with Gasteiger partial charge in [-0.15, -0.1) is 0 Å². The Labute approximate surface area is 79.3 Å². The van der Waals surface area contributed by atoms with Crippen molar-refractivity contribution < 1.29 is 9.90 Å². The van der Waals surface area contributed by atoms with Crippen LogP contribution in [0.1, 0.15) is 39.5 Å². The molecule has 0 aromatic heterocycles. The number of nitrogens with two attached hydrogens (primary N) is 1. The minimum absolute atomic E-state index is 0.182. The fourth-order valence-electron chi connectivity index (χ4n) is 1.67. The predicted octanol–water partition coefficient (Wildman–Crippen LogP) is 1.61. The van der Waals surface area contributed by atoms with Crippen LogP contribution < -0.4 is 5.73 Å². The van der Waals surface area contributed by atoms with E-state index in [0.717, 1.165) is 6.42 Å². The molecule has 76 valence electrons. The molecule has 2 atom stereocenters. The Bertz CT molecular complexity index is 199. The topological polar surface area (TPSA) is 63.3 Å². The van der Waals surface area contributed by atoms with Crippen molar-refractivity contribution >= 4 is 5.97 Å². The van der Waals surface area contributed by atoms with E-state index in [0.29, 0.717) is 5.41 Å². The molecule has 0 amide bonds. The first-order valence-corrected chi connectivity index (χ1v) is 4.91. The van der Waals surface area contributed by atoms with Crippen molar-refractivity contribution in [3.63, 3.8) is 0 Å². The van der Waals surface area contributed by atoms with E-state index in [1.165, 1.54) is 12.8 Å². The number of aliphatic carboxylic acids is 1. The number of carboxylic acid groups (broad SMARTS) is 1. The third-order valence-electron chi connectivity index (χ3n) is 3.11. The van der Waals surface area contributed by atoms with Gasteiger partial charge in [-0.2, -0.15) is 0 Å². The van der Waals surface area contributed by atoms with Crippen molar-refractivity contribution in [2.24, 2.45) is 17.1 Å². The second-order valence-corrected chi connectivity index (χ2v) is 4.70. The molecule has 3 N–H and O–H groups in total. The lowest BCUT2D eigenvalue weighted by molar-refractivity contribution is -0.138. The quantitative estimate of drug-likeness (QED) is 0.684. The van der Waals surface area contributed by atoms with E-state index in [9.17, 15) is 4.79 Å². The van der Waals surface area contributed by atoms with Crippen LogP contribution >= 0.6 is 0 Å². The van der Waals surface area contributed by atoms with Gasteiger partial charge < -0.3 is 10.8 Å². The maximum atomic E-state index is 10.4. The lowest BCUT2D eigenvalue weighted by atomic mass is 9.89. The zero-order valence-electron chi connectivity index (χ0n) is 8.42. The molecular weight excluding hydrogens is 166 g/mol. The van der Waals surface area contributed by atoms with Crippen molar-refractivity contribution in [2.45, 2.75) is 45.6 Å². The van der Waals surface area contributed by atoms with Gasteiger partial charge in [-0.05, 0) is 30.6 Å². The van der Waals surface area contributed by atoms with E-state index in [-0.39, 0.29) is 18.4 Å². The molecular formula is C10H19NO2. The van der Waals surface area contributed by atoms with Crippen LogP contribution in [0.4, 0.5) is 0 Å². The Hall–Kier alpha value is -0.570. The van der Waals surface area contributed by atoms with E-state index < -0.39 is 5.97 Å². The van der Waals surface area contributed by atoms with Gasteiger partial charge in [0.15, 0.2) is 0 Å². The lowest BCUT2D eigenvalue weighted by Gasteiger charge is -2.21. The van der Waals surface area contributed by atoms with Gasteiger partial charge in [-0.25, -0.2) is 0 Å². The molecule has 0 aromatic carbocycles. The fraction of sp³-hybridized carbons (Fsp3) is 0.900. The summed E-state index contributed by atoms with van der Waals surface area (Å²) in [5.74, 6) is -0.523. The average Bonchev–Trinajstić information content (AvgIpc) is 2.67. The van der Waals surface area contributed by atoms with E-state index in [4.69, 9.17) is 10.8 Å². The smallest absolute Gasteiger partial charge is 0.303 e. The summed E-state index contributed by atoms with van der Waals surface area (Å²) < 4.78 is 0. The molecule has 0 saturated heterocycles. The van der Waals surface area contributed by atoms with Crippen LogP contribution in [0.15, 0.2) is 0 Å². The minimum Gasteiger partial charge on any atom is -0.481 e. The fourth-order valence-corrected chi connectivity index (χ4v) is 1.67. The Morgan fingerprint density at radius 1 is 1.62 bits per heavy atom. The van der Waals surface area contributed by atoms with Crippen LogP contribution in [-0.2, 0) is 4.79 Å². The molecule has 3 nitrogen and oxygen atoms in total. The maximum Gasteiger partial charge on any atom is 0.303 e. The predicted molar refractivity (Wildman–Crippen MR) is 51.4 cm³/mol. The van der Waals surface area contributed by atoms with Crippen LogP contribution in [0.2, 0.25) is 0 Å². The first-order valence-electron chi connectivity index (χ1n) is 4.91. The van der Waals surface area contributed by atoms with E-state index in [2.05, 4.69) is 6.92 Å². The standard InChI is InChI=1S/C10H19NO2/c1-7(6-9(12)13)5-8(11)10(2)3-4-10/h7-8H,3-6,11H2,1-2H3,(H,12,13)/t7-,8+/m0/s1. The van der Waals surface area contributed by atoms with Crippen molar-refractivity contribution in [3.8, 4) is 0 Å². The number of hydrogen-bond acceptors (Lipinski definition) is 2. The molecule has 1 aliphatic rings. The third-order valence-corrected chi connectivity index (χ3v) is 3.11. The molecule has 0 aromatic rings. The van der Waals surface area contributed by atoms with Crippen LogP contribution in [-0.4, -0.2) is 17.1 Å². The van der Waals surface area contributed by atoms with Crippen molar-refractivity contribution in [3.05, 3.63) is 0 Å². The number of carbonyl (C=O) groups is 1. The molecule has 1 saturated carbocycles. The van der Waals surface area contributed by atoms with Gasteiger partial charge in [0.05, 0.1) is 0 Å². The Kier molecular flexibility index (Phi) is 2.96. The summed E-state index contributed by atoms with van der Waals surface area (Å²) in [7, 11) is 0. The molecule has 0 radical (unpaired) electrons. The highest BCUT2D eigenvalue weighted by atomic mass is 16.4. The van der Waals surface area contributed by atoms with Gasteiger partial charge >= 0.3 is 5.97 Å². The maximum absolute atomic E-state index is 10.4. The van der Waals surface area contributed by atoms with Crippen LogP contribution in [0.5, 0.6) is 0 Å². The second-order valence-electron chi connectivity index (χ2n) is 4.70. The first kappa shape index (κ1) is 10.5. The molecule has 0 unspecified atom stereocenters. The molecule has 13 heavy (non-hydrogen) atoms. The minimum atomic E-state index is -0.722. The van der Waals surface area contributed by atoms with Gasteiger partial charge in [0.25, 0.3) is 0 Å². The summed E-state index contributed by atoms with van der Waals surface area (Å²) >= 11 is 0. The van der Waals surface area contributed by atoms with Crippen LogP contribution in [0.3, 0.4) is 0 Å². The molecule has 0 heterocycles. The number of hydrogen-bond donors (Lipinski definition) is 2. The van der Waals surface area contributed by atoms with Gasteiger partial charge in [0.1, 0.15) is 0 Å². The average molecular weight is 185 g/mol. The summed E-state index contributed by atoms with van der Waals surface area (Å²) in [6.45, 7) is 4.14. The Morgan fingerprint density at radius 3 is 2.54 bits per heavy atom. The van der Waals surface area contributed by atoms with Crippen molar-refractivity contribution in [2.75, 3.05) is 0 Å². The number of rotatable bonds is 5. The molecule has 3 heteroatoms. The van der Waals surface area contributed by atoms with Crippen LogP contribution in [0.25, 0.3) is 0 Å². The molecule has 1 rings (SSSR count). The molecule has 0 spiro atoms. The highest BCUT2D eigenvalue weighted by molar-refractivity contribution is 5.66. The van der Waals surface area contributed by atoms with Gasteiger partial charge in [-0.1, -0.05) is 13.8 Å². The lowest BCUT2D eigenvalue weighted by Crippen LogP contribution is -2.31. The summed E-state index contributed by atoms with van der Waals surface area (Å²) in [6.07, 6.45) is 3.48. The molecule has 1 aliphatic carbocycles. The van der Waals surface area contributed by atoms with E-state index in [1.54, 1.807) is 0 Å². The normalized spacial score (nSPS) is 23.6. The number of carboxylic acids is 1. The SMILES string of the molecule is C[C@H](CC(=O)O)C[C@@H](N)C1(C)CC1. The van der Waals surface area contributed by atoms with Gasteiger partial charge in [0.2, 0.25) is 0 Å². The first-order chi connectivity index (χ1) is 5.94. The van der Waals surface area contributed by atoms with E-state index >= 15 is 0 Å². The van der Waals surface area contributed by atoms with Crippen LogP contribution in [0, 0.1) is 11.3 Å². The largest absolute Gasteiger partial charge is 0.481 e. The van der Waals surface area contributed by atoms with Crippen molar-refractivity contribution in [1.29, 1.82) is 0 Å². The van der Waals surface area contributed by atoms with Crippen molar-refractivity contribution in [1.82, 2.24) is 0 Å². The second kappa shape index (κ2) is 3.66. The summed E-state index contributed by atoms with van der Waals surface area (Å²) in [4.78, 5) is 10.4. The Balaban J connectivity index is 2.27. The zero-order chi connectivity index (χ0) is 10.1. The summed E-state index contributed by atoms with van der Waals surface area (Å²) in [5, 5.41) is 8.57. The monoisotopic (exact) mass is 185 g/mol. The molecule has 0 aliphatic heterocycles. The Morgan fingerprint density at radius 2 is 2.15 bits per heavy atom. The molecule has 0 bridgehead atoms. The summed E-state index contributed by atoms with van der Waals surface area (Å²) in [6, 6.07) is 0.182. The highest BCUT2D eigenvalue weighted by Crippen LogP contribution is 2.48. The third kappa shape index (κ3) is 2.99. The van der Waals surface area contributed by atoms with E-state index in [1.807, 2.05) is 6.92 Å². The van der Waals surface area contributed by atoms with Gasteiger partial charge in [-0.3, -0.25) is 4.79 Å². The zero-order valence-corrected chi connectivity index (χ0v) is 8.42. The highest BCUT2D eigenvalue weighted by Gasteiger charge is 2.43. The molecule has 1 fully saturated rings. The van der Waals surface area contributed by atoms with Gasteiger partial charge in [0, 0.05) is 12.5 Å². The summed E-state index contributed by atoms with van der Waals surface area (Å²) in [5.41, 5.74) is 6.31.